The Morgan fingerprint density at radius 3 is 2.82 bits per heavy atom. The van der Waals surface area contributed by atoms with Gasteiger partial charge in [-0.05, 0) is 47.7 Å². The highest BCUT2D eigenvalue weighted by molar-refractivity contribution is 8.18. The molecule has 11 heteroatoms. The predicted octanol–water partition coefficient (Wildman–Crippen LogP) is 4.26. The topological polar surface area (TPSA) is 123 Å². The van der Waals surface area contributed by atoms with Gasteiger partial charge in [-0.1, -0.05) is 29.8 Å². The van der Waals surface area contributed by atoms with Gasteiger partial charge in [0.25, 0.3) is 22.7 Å². The summed E-state index contributed by atoms with van der Waals surface area (Å²) in [5.41, 5.74) is 1.20. The first-order valence-corrected chi connectivity index (χ1v) is 10.9. The zero-order valence-electron chi connectivity index (χ0n) is 16.9. The third-order valence-corrected chi connectivity index (χ3v) is 6.08. The normalized spacial score (nSPS) is 14.8. The van der Waals surface area contributed by atoms with Crippen molar-refractivity contribution in [2.45, 2.75) is 0 Å². The minimum absolute atomic E-state index is 0.0163. The fourth-order valence-electron chi connectivity index (χ4n) is 3.28. The van der Waals surface area contributed by atoms with Crippen molar-refractivity contribution in [2.24, 2.45) is 0 Å². The van der Waals surface area contributed by atoms with E-state index in [9.17, 15) is 24.5 Å². The molecule has 1 N–H and O–H groups in total. The Bertz CT molecular complexity index is 1340. The highest BCUT2D eigenvalue weighted by atomic mass is 35.5. The average molecular weight is 483 g/mol. The van der Waals surface area contributed by atoms with Crippen molar-refractivity contribution in [3.63, 3.8) is 0 Å². The van der Waals surface area contributed by atoms with E-state index in [1.807, 2.05) is 0 Å². The molecule has 1 aliphatic rings. The number of nitrogens with zero attached hydrogens (tertiary/aromatic N) is 3. The summed E-state index contributed by atoms with van der Waals surface area (Å²) in [5.74, 6) is -0.879. The standard InChI is InChI=1S/C22H15ClN4O5S/c23-16-7-6-13(11-18(16)27(31)32)12-19-21(29)26(22(30)33-19)10-9-25-20(28)15-3-1-5-17-14(15)4-2-8-24-17/h1-8,11-12H,9-10H2,(H,25,28)/b19-12-. The number of benzene rings is 2. The molecule has 1 fully saturated rings. The zero-order chi connectivity index (χ0) is 23.5. The van der Waals surface area contributed by atoms with E-state index in [2.05, 4.69) is 10.3 Å². The van der Waals surface area contributed by atoms with Crippen LogP contribution in [0.5, 0.6) is 0 Å². The SMILES string of the molecule is O=C(NCCN1C(=O)S/C(=C\c2ccc(Cl)c([N+](=O)[O-])c2)C1=O)c1cccc2ncccc12. The Hall–Kier alpha value is -3.76. The number of hydrogen-bond donors (Lipinski definition) is 1. The number of fused-ring (bicyclic) bond motifs is 1. The molecule has 3 aromatic rings. The van der Waals surface area contributed by atoms with Crippen LogP contribution < -0.4 is 5.32 Å². The van der Waals surface area contributed by atoms with E-state index in [4.69, 9.17) is 11.6 Å². The van der Waals surface area contributed by atoms with E-state index >= 15 is 0 Å². The molecule has 1 saturated heterocycles. The second-order valence-corrected chi connectivity index (χ2v) is 8.33. The van der Waals surface area contributed by atoms with Crippen LogP contribution in [-0.2, 0) is 4.79 Å². The molecule has 0 unspecified atom stereocenters. The maximum atomic E-state index is 12.7. The highest BCUT2D eigenvalue weighted by Gasteiger charge is 2.34. The number of nitro benzene ring substituents is 1. The molecule has 0 bridgehead atoms. The van der Waals surface area contributed by atoms with Crippen LogP contribution in [0.3, 0.4) is 0 Å². The number of hydrogen-bond acceptors (Lipinski definition) is 7. The number of halogens is 1. The number of nitro groups is 1. The third-order valence-electron chi connectivity index (χ3n) is 4.85. The number of thioether (sulfide) groups is 1. The van der Waals surface area contributed by atoms with Gasteiger partial charge >= 0.3 is 0 Å². The van der Waals surface area contributed by atoms with Crippen molar-refractivity contribution in [1.82, 2.24) is 15.2 Å². The van der Waals surface area contributed by atoms with Crippen LogP contribution >= 0.6 is 23.4 Å². The van der Waals surface area contributed by atoms with Crippen LogP contribution in [0.4, 0.5) is 10.5 Å². The highest BCUT2D eigenvalue weighted by Crippen LogP contribution is 2.33. The lowest BCUT2D eigenvalue weighted by Gasteiger charge is -2.13. The molecule has 0 aliphatic carbocycles. The second-order valence-electron chi connectivity index (χ2n) is 6.93. The lowest BCUT2D eigenvalue weighted by molar-refractivity contribution is -0.384. The second kappa shape index (κ2) is 9.39. The third kappa shape index (κ3) is 4.71. The lowest BCUT2D eigenvalue weighted by Crippen LogP contribution is -2.37. The van der Waals surface area contributed by atoms with E-state index < -0.39 is 16.1 Å². The van der Waals surface area contributed by atoms with Crippen LogP contribution in [-0.4, -0.2) is 45.0 Å². The Balaban J connectivity index is 1.42. The number of pyridine rings is 1. The molecule has 166 valence electrons. The molecule has 33 heavy (non-hydrogen) atoms. The quantitative estimate of drug-likeness (QED) is 0.316. The minimum Gasteiger partial charge on any atom is -0.350 e. The summed E-state index contributed by atoms with van der Waals surface area (Å²) in [5, 5.41) is 14.0. The fourth-order valence-corrected chi connectivity index (χ4v) is 4.33. The molecule has 2 heterocycles. The number of rotatable bonds is 6. The smallest absolute Gasteiger partial charge is 0.293 e. The molecule has 3 amide bonds. The van der Waals surface area contributed by atoms with Crippen LogP contribution in [0.2, 0.25) is 5.02 Å². The summed E-state index contributed by atoms with van der Waals surface area (Å²) < 4.78 is 0. The summed E-state index contributed by atoms with van der Waals surface area (Å²) in [4.78, 5) is 53.4. The summed E-state index contributed by atoms with van der Waals surface area (Å²) >= 11 is 6.53. The van der Waals surface area contributed by atoms with Gasteiger partial charge in [0.1, 0.15) is 5.02 Å². The zero-order valence-corrected chi connectivity index (χ0v) is 18.4. The van der Waals surface area contributed by atoms with E-state index in [1.54, 1.807) is 36.5 Å². The van der Waals surface area contributed by atoms with Gasteiger partial charge in [-0.15, -0.1) is 0 Å². The molecule has 1 aliphatic heterocycles. The fraction of sp³-hybridized carbons (Fsp3) is 0.0909. The largest absolute Gasteiger partial charge is 0.350 e. The van der Waals surface area contributed by atoms with Crippen molar-refractivity contribution >= 4 is 63.1 Å². The maximum Gasteiger partial charge on any atom is 0.293 e. The average Bonchev–Trinajstić information content (AvgIpc) is 3.07. The van der Waals surface area contributed by atoms with Gasteiger partial charge in [-0.3, -0.25) is 34.4 Å². The molecule has 0 atom stereocenters. The van der Waals surface area contributed by atoms with Crippen LogP contribution in [0.1, 0.15) is 15.9 Å². The number of imide groups is 1. The summed E-state index contributed by atoms with van der Waals surface area (Å²) in [6.45, 7) is 0.0464. The molecule has 0 spiro atoms. The minimum atomic E-state index is -0.625. The van der Waals surface area contributed by atoms with Crippen molar-refractivity contribution in [3.05, 3.63) is 85.9 Å². The van der Waals surface area contributed by atoms with E-state index in [-0.39, 0.29) is 34.6 Å². The monoisotopic (exact) mass is 482 g/mol. The first-order valence-electron chi connectivity index (χ1n) is 9.66. The van der Waals surface area contributed by atoms with Gasteiger partial charge < -0.3 is 5.32 Å². The van der Waals surface area contributed by atoms with Gasteiger partial charge in [-0.25, -0.2) is 0 Å². The Labute approximate surface area is 196 Å². The number of carbonyl (C=O) groups is 3. The maximum absolute atomic E-state index is 12.7. The van der Waals surface area contributed by atoms with Crippen molar-refractivity contribution in [3.8, 4) is 0 Å². The summed E-state index contributed by atoms with van der Waals surface area (Å²) in [7, 11) is 0. The van der Waals surface area contributed by atoms with Gasteiger partial charge in [0, 0.05) is 36.3 Å². The predicted molar refractivity (Wildman–Crippen MR) is 125 cm³/mol. The Morgan fingerprint density at radius 1 is 1.21 bits per heavy atom. The van der Waals surface area contributed by atoms with Gasteiger partial charge in [0.2, 0.25) is 0 Å². The summed E-state index contributed by atoms with van der Waals surface area (Å²) in [6.07, 6.45) is 3.04. The van der Waals surface area contributed by atoms with E-state index in [0.29, 0.717) is 22.0 Å². The molecule has 1 aromatic heterocycles. The first-order chi connectivity index (χ1) is 15.8. The van der Waals surface area contributed by atoms with Gasteiger partial charge in [0.05, 0.1) is 15.3 Å². The van der Waals surface area contributed by atoms with E-state index in [1.165, 1.54) is 24.3 Å². The Morgan fingerprint density at radius 2 is 2.03 bits per heavy atom. The van der Waals surface area contributed by atoms with Gasteiger partial charge in [0.15, 0.2) is 0 Å². The lowest BCUT2D eigenvalue weighted by atomic mass is 10.1. The van der Waals surface area contributed by atoms with Crippen molar-refractivity contribution in [2.75, 3.05) is 13.1 Å². The van der Waals surface area contributed by atoms with Crippen LogP contribution in [0.25, 0.3) is 17.0 Å². The molecular weight excluding hydrogens is 468 g/mol. The van der Waals surface area contributed by atoms with Crippen LogP contribution in [0.15, 0.2) is 59.6 Å². The molecule has 0 saturated carbocycles. The Kier molecular flexibility index (Phi) is 6.38. The van der Waals surface area contributed by atoms with Crippen LogP contribution in [0, 0.1) is 10.1 Å². The molecule has 9 nitrogen and oxygen atoms in total. The molecule has 0 radical (unpaired) electrons. The number of amides is 3. The number of aromatic nitrogens is 1. The number of carbonyl (C=O) groups excluding carboxylic acids is 3. The molecule has 4 rings (SSSR count). The van der Waals surface area contributed by atoms with Gasteiger partial charge in [-0.2, -0.15) is 0 Å². The van der Waals surface area contributed by atoms with Crippen molar-refractivity contribution in [1.29, 1.82) is 0 Å². The molecular formula is C22H15ClN4O5S. The molecule has 2 aromatic carbocycles. The van der Waals surface area contributed by atoms with Crippen molar-refractivity contribution < 1.29 is 19.3 Å². The summed E-state index contributed by atoms with van der Waals surface area (Å²) in [6, 6.07) is 12.8. The van der Waals surface area contributed by atoms with E-state index in [0.717, 1.165) is 16.7 Å². The number of nitrogens with one attached hydrogen (secondary N) is 1. The first kappa shape index (κ1) is 22.4.